The molecular weight excluding hydrogens is 431 g/mol. The molecule has 1 saturated heterocycles. The summed E-state index contributed by atoms with van der Waals surface area (Å²) in [6, 6.07) is 3.20. The van der Waals surface area contributed by atoms with Gasteiger partial charge in [0.25, 0.3) is 0 Å². The van der Waals surface area contributed by atoms with Crippen molar-refractivity contribution in [3.8, 4) is 0 Å². The number of nitrogens with one attached hydrogen (secondary N) is 2. The number of amides is 1. The van der Waals surface area contributed by atoms with E-state index in [0.717, 1.165) is 37.1 Å². The van der Waals surface area contributed by atoms with Gasteiger partial charge in [0, 0.05) is 19.1 Å². The first-order valence-corrected chi connectivity index (χ1v) is 12.0. The van der Waals surface area contributed by atoms with Crippen molar-refractivity contribution in [1.82, 2.24) is 14.9 Å². The molecule has 1 aliphatic heterocycles. The minimum atomic E-state index is -4.51. The van der Waals surface area contributed by atoms with E-state index >= 15 is 0 Å². The normalized spacial score (nSPS) is 25.6. The van der Waals surface area contributed by atoms with Gasteiger partial charge in [0.15, 0.2) is 0 Å². The number of halogens is 3. The smallest absolute Gasteiger partial charge is 0.352 e. The molecule has 0 aromatic heterocycles. The van der Waals surface area contributed by atoms with E-state index in [1.54, 1.807) is 7.05 Å². The molecule has 10 heteroatoms. The SMILES string of the molecule is CN[C@@H](CC(C)C)C(=O)N[C@H]1CC[C@@H]2CN(S(=O)(=O)c3ccc(C(F)(F)F)cc3)C[C@@H]21. The van der Waals surface area contributed by atoms with Gasteiger partial charge in [-0.15, -0.1) is 0 Å². The lowest BCUT2D eigenvalue weighted by Gasteiger charge is -2.25. The van der Waals surface area contributed by atoms with Crippen molar-refractivity contribution in [1.29, 1.82) is 0 Å². The van der Waals surface area contributed by atoms with Crippen molar-refractivity contribution in [2.24, 2.45) is 17.8 Å². The molecule has 1 aliphatic carbocycles. The molecule has 0 radical (unpaired) electrons. The van der Waals surface area contributed by atoms with Crippen molar-refractivity contribution < 1.29 is 26.4 Å². The Labute approximate surface area is 181 Å². The lowest BCUT2D eigenvalue weighted by atomic mass is 9.97. The van der Waals surface area contributed by atoms with Crippen LogP contribution < -0.4 is 10.6 Å². The average molecular weight is 462 g/mol. The van der Waals surface area contributed by atoms with Crippen molar-refractivity contribution in [2.45, 2.75) is 56.3 Å². The third-order valence-corrected chi connectivity index (χ3v) is 8.19. The van der Waals surface area contributed by atoms with Gasteiger partial charge in [-0.25, -0.2) is 8.42 Å². The largest absolute Gasteiger partial charge is 0.416 e. The summed E-state index contributed by atoms with van der Waals surface area (Å²) < 4.78 is 65.6. The fraction of sp³-hybridized carbons (Fsp3) is 0.667. The van der Waals surface area contributed by atoms with E-state index < -0.39 is 21.8 Å². The highest BCUT2D eigenvalue weighted by Crippen LogP contribution is 2.40. The molecule has 0 spiro atoms. The molecule has 31 heavy (non-hydrogen) atoms. The van der Waals surface area contributed by atoms with E-state index in [4.69, 9.17) is 0 Å². The molecule has 1 amide bonds. The third-order valence-electron chi connectivity index (χ3n) is 6.34. The Morgan fingerprint density at radius 1 is 1.16 bits per heavy atom. The molecule has 1 aromatic carbocycles. The number of sulfonamides is 1. The second-order valence-corrected chi connectivity index (χ2v) is 10.9. The molecule has 174 valence electrons. The first kappa shape index (κ1) is 24.0. The van der Waals surface area contributed by atoms with E-state index in [-0.39, 0.29) is 41.3 Å². The van der Waals surface area contributed by atoms with Gasteiger partial charge in [-0.05, 0) is 68.3 Å². The van der Waals surface area contributed by atoms with E-state index in [0.29, 0.717) is 18.9 Å². The number of carbonyl (C=O) groups is 1. The fourth-order valence-electron chi connectivity index (χ4n) is 4.68. The van der Waals surface area contributed by atoms with Crippen LogP contribution in [0.4, 0.5) is 13.2 Å². The molecule has 6 nitrogen and oxygen atoms in total. The monoisotopic (exact) mass is 461 g/mol. The quantitative estimate of drug-likeness (QED) is 0.655. The Bertz CT molecular complexity index is 887. The summed E-state index contributed by atoms with van der Waals surface area (Å²) in [6.45, 7) is 4.67. The Morgan fingerprint density at radius 2 is 1.81 bits per heavy atom. The van der Waals surface area contributed by atoms with Gasteiger partial charge < -0.3 is 10.6 Å². The van der Waals surface area contributed by atoms with Crippen LogP contribution in [0.2, 0.25) is 0 Å². The molecule has 1 heterocycles. The molecule has 4 atom stereocenters. The van der Waals surface area contributed by atoms with Crippen LogP contribution in [0.3, 0.4) is 0 Å². The van der Waals surface area contributed by atoms with Crippen molar-refractivity contribution in [2.75, 3.05) is 20.1 Å². The number of nitrogens with zero attached hydrogens (tertiary/aromatic N) is 1. The van der Waals surface area contributed by atoms with Gasteiger partial charge in [-0.3, -0.25) is 4.79 Å². The molecule has 2 aliphatic rings. The third kappa shape index (κ3) is 5.23. The maximum absolute atomic E-state index is 13.0. The van der Waals surface area contributed by atoms with E-state index in [1.807, 2.05) is 13.8 Å². The van der Waals surface area contributed by atoms with Gasteiger partial charge in [0.2, 0.25) is 15.9 Å². The topological polar surface area (TPSA) is 78.5 Å². The standard InChI is InChI=1S/C21H30F3N3O3S/c1-13(2)10-19(25-3)20(28)26-18-9-4-14-11-27(12-17(14)18)31(29,30)16-7-5-15(6-8-16)21(22,23)24/h5-8,13-14,17-19,25H,4,9-12H2,1-3H3,(H,26,28)/t14-,17+,18+,19+/m1/s1. The highest BCUT2D eigenvalue weighted by Gasteiger charge is 2.47. The van der Waals surface area contributed by atoms with Crippen LogP contribution in [0.1, 0.15) is 38.7 Å². The Hall–Kier alpha value is -1.65. The lowest BCUT2D eigenvalue weighted by molar-refractivity contribution is -0.137. The summed E-state index contributed by atoms with van der Waals surface area (Å²) in [5, 5.41) is 6.13. The van der Waals surface area contributed by atoms with Crippen LogP contribution in [-0.2, 0) is 21.0 Å². The molecule has 3 rings (SSSR count). The van der Waals surface area contributed by atoms with Gasteiger partial charge in [-0.1, -0.05) is 13.8 Å². The van der Waals surface area contributed by atoms with E-state index in [2.05, 4.69) is 10.6 Å². The summed E-state index contributed by atoms with van der Waals surface area (Å²) in [5.74, 6) is 0.415. The van der Waals surface area contributed by atoms with E-state index in [1.165, 1.54) is 4.31 Å². The second-order valence-electron chi connectivity index (χ2n) is 8.93. The Balaban J connectivity index is 1.68. The average Bonchev–Trinajstić information content (AvgIpc) is 3.27. The number of hydrogen-bond acceptors (Lipinski definition) is 4. The predicted octanol–water partition coefficient (Wildman–Crippen LogP) is 2.85. The highest BCUT2D eigenvalue weighted by molar-refractivity contribution is 7.89. The summed E-state index contributed by atoms with van der Waals surface area (Å²) in [6.07, 6.45) is -2.20. The Kier molecular flexibility index (Phi) is 7.02. The maximum atomic E-state index is 13.0. The fourth-order valence-corrected chi connectivity index (χ4v) is 6.21. The molecule has 1 aromatic rings. The number of fused-ring (bicyclic) bond motifs is 1. The van der Waals surface area contributed by atoms with Crippen molar-refractivity contribution in [3.63, 3.8) is 0 Å². The molecule has 0 bridgehead atoms. The molecule has 1 saturated carbocycles. The molecule has 2 N–H and O–H groups in total. The maximum Gasteiger partial charge on any atom is 0.416 e. The highest BCUT2D eigenvalue weighted by atomic mass is 32.2. The van der Waals surface area contributed by atoms with E-state index in [9.17, 15) is 26.4 Å². The van der Waals surface area contributed by atoms with Gasteiger partial charge in [0.05, 0.1) is 16.5 Å². The number of likely N-dealkylation sites (N-methyl/N-ethyl adjacent to an activating group) is 1. The van der Waals surface area contributed by atoms with Gasteiger partial charge in [0.1, 0.15) is 0 Å². The summed E-state index contributed by atoms with van der Waals surface area (Å²) >= 11 is 0. The molecular formula is C21H30F3N3O3S. The summed E-state index contributed by atoms with van der Waals surface area (Å²) in [7, 11) is -2.14. The zero-order valence-corrected chi connectivity index (χ0v) is 18.8. The summed E-state index contributed by atoms with van der Waals surface area (Å²) in [4.78, 5) is 12.5. The number of hydrogen-bond donors (Lipinski definition) is 2. The summed E-state index contributed by atoms with van der Waals surface area (Å²) in [5.41, 5.74) is -0.881. The van der Waals surface area contributed by atoms with Crippen LogP contribution in [0.5, 0.6) is 0 Å². The van der Waals surface area contributed by atoms with Crippen molar-refractivity contribution >= 4 is 15.9 Å². The minimum Gasteiger partial charge on any atom is -0.352 e. The Morgan fingerprint density at radius 3 is 2.35 bits per heavy atom. The van der Waals surface area contributed by atoms with Crippen LogP contribution in [-0.4, -0.2) is 50.9 Å². The molecule has 2 fully saturated rings. The van der Waals surface area contributed by atoms with Crippen LogP contribution in [0, 0.1) is 17.8 Å². The second kappa shape index (κ2) is 9.07. The van der Waals surface area contributed by atoms with Gasteiger partial charge >= 0.3 is 6.18 Å². The number of benzene rings is 1. The lowest BCUT2D eigenvalue weighted by Crippen LogP contribution is -2.49. The number of carbonyl (C=O) groups excluding carboxylic acids is 1. The van der Waals surface area contributed by atoms with Crippen LogP contribution in [0.15, 0.2) is 29.2 Å². The first-order chi connectivity index (χ1) is 14.4. The zero-order chi connectivity index (χ0) is 23.0. The number of rotatable bonds is 7. The molecule has 0 unspecified atom stereocenters. The zero-order valence-electron chi connectivity index (χ0n) is 17.9. The van der Waals surface area contributed by atoms with Crippen LogP contribution >= 0.6 is 0 Å². The number of alkyl halides is 3. The predicted molar refractivity (Wildman–Crippen MR) is 111 cm³/mol. The minimum absolute atomic E-state index is 0.00438. The first-order valence-electron chi connectivity index (χ1n) is 10.6. The van der Waals surface area contributed by atoms with Crippen LogP contribution in [0.25, 0.3) is 0 Å². The van der Waals surface area contributed by atoms with Gasteiger partial charge in [-0.2, -0.15) is 17.5 Å². The van der Waals surface area contributed by atoms with Crippen molar-refractivity contribution in [3.05, 3.63) is 29.8 Å².